The predicted octanol–water partition coefficient (Wildman–Crippen LogP) is 6.22. The molecule has 2 N–H and O–H groups in total. The topological polar surface area (TPSA) is 92.7 Å². The number of anilines is 1. The van der Waals surface area contributed by atoms with Gasteiger partial charge in [-0.3, -0.25) is 9.59 Å². The van der Waals surface area contributed by atoms with Crippen molar-refractivity contribution in [3.8, 4) is 0 Å². The third-order valence-electron chi connectivity index (χ3n) is 8.14. The van der Waals surface area contributed by atoms with Gasteiger partial charge in [-0.2, -0.15) is 0 Å². The number of hydrogen-bond donors (Lipinski definition) is 2. The Kier molecular flexibility index (Phi) is 8.67. The highest BCUT2D eigenvalue weighted by Crippen LogP contribution is 2.53. The maximum atomic E-state index is 13.4. The summed E-state index contributed by atoms with van der Waals surface area (Å²) >= 11 is 1.51. The van der Waals surface area contributed by atoms with E-state index in [2.05, 4.69) is 5.32 Å². The van der Waals surface area contributed by atoms with Crippen molar-refractivity contribution in [2.45, 2.75) is 96.8 Å². The Morgan fingerprint density at radius 3 is 2.12 bits per heavy atom. The quantitative estimate of drug-likeness (QED) is 0.479. The van der Waals surface area contributed by atoms with Crippen LogP contribution in [-0.4, -0.2) is 29.6 Å². The number of amides is 1. The first-order valence-corrected chi connectivity index (χ1v) is 14.2. The van der Waals surface area contributed by atoms with Crippen LogP contribution in [0.25, 0.3) is 0 Å². The van der Waals surface area contributed by atoms with Crippen LogP contribution in [0.15, 0.2) is 0 Å². The van der Waals surface area contributed by atoms with E-state index in [1.807, 2.05) is 0 Å². The van der Waals surface area contributed by atoms with E-state index in [0.29, 0.717) is 10.6 Å². The maximum Gasteiger partial charge on any atom is 0.341 e. The van der Waals surface area contributed by atoms with Gasteiger partial charge in [-0.05, 0) is 69.3 Å². The van der Waals surface area contributed by atoms with Gasteiger partial charge in [-0.1, -0.05) is 44.9 Å². The lowest BCUT2D eigenvalue weighted by Crippen LogP contribution is -2.38. The van der Waals surface area contributed by atoms with Gasteiger partial charge in [0.2, 0.25) is 5.91 Å². The molecule has 7 heteroatoms. The number of esters is 1. The molecule has 4 atom stereocenters. The van der Waals surface area contributed by atoms with Gasteiger partial charge in [0, 0.05) is 4.88 Å². The van der Waals surface area contributed by atoms with Crippen LogP contribution >= 0.6 is 11.3 Å². The van der Waals surface area contributed by atoms with Crippen molar-refractivity contribution in [2.24, 2.45) is 23.7 Å². The largest absolute Gasteiger partial charge is 0.481 e. The monoisotopic (exact) mass is 489 g/mol. The molecular weight excluding hydrogens is 450 g/mol. The van der Waals surface area contributed by atoms with Crippen LogP contribution in [0, 0.1) is 23.7 Å². The van der Waals surface area contributed by atoms with Crippen LogP contribution < -0.4 is 5.32 Å². The van der Waals surface area contributed by atoms with Gasteiger partial charge in [0.25, 0.3) is 0 Å². The molecule has 4 rings (SSSR count). The molecule has 188 valence electrons. The molecule has 0 aliphatic heterocycles. The fraction of sp³-hybridized carbons (Fsp3) is 0.741. The first-order chi connectivity index (χ1) is 16.5. The number of aryl methyl sites for hydroxylation is 1. The molecule has 0 unspecified atom stereocenters. The van der Waals surface area contributed by atoms with E-state index < -0.39 is 17.8 Å². The van der Waals surface area contributed by atoms with Crippen molar-refractivity contribution < 1.29 is 24.2 Å². The molecule has 2 bridgehead atoms. The third-order valence-corrected chi connectivity index (χ3v) is 9.35. The van der Waals surface area contributed by atoms with Crippen molar-refractivity contribution in [3.63, 3.8) is 0 Å². The molecule has 0 aromatic carbocycles. The Morgan fingerprint density at radius 1 is 0.912 bits per heavy atom. The number of ether oxygens (including phenoxy) is 1. The number of hydrogen-bond acceptors (Lipinski definition) is 5. The van der Waals surface area contributed by atoms with Gasteiger partial charge in [-0.25, -0.2) is 4.79 Å². The van der Waals surface area contributed by atoms with E-state index in [4.69, 9.17) is 4.74 Å². The molecule has 34 heavy (non-hydrogen) atoms. The maximum absolute atomic E-state index is 13.4. The number of thiophene rings is 1. The smallest absolute Gasteiger partial charge is 0.341 e. The van der Waals surface area contributed by atoms with Gasteiger partial charge >= 0.3 is 11.9 Å². The minimum absolute atomic E-state index is 0.0933. The van der Waals surface area contributed by atoms with Crippen molar-refractivity contribution in [3.05, 3.63) is 16.0 Å². The first kappa shape index (κ1) is 25.2. The first-order valence-electron chi connectivity index (χ1n) is 13.4. The number of nitrogens with one attached hydrogen (secondary N) is 1. The summed E-state index contributed by atoms with van der Waals surface area (Å²) in [7, 11) is 0. The van der Waals surface area contributed by atoms with Crippen molar-refractivity contribution in [2.75, 3.05) is 11.9 Å². The number of aliphatic carboxylic acids is 1. The van der Waals surface area contributed by atoms with E-state index in [1.165, 1.54) is 54.7 Å². The minimum atomic E-state index is -0.869. The molecule has 1 aromatic heterocycles. The Balaban J connectivity index is 1.61. The molecular formula is C27H39NO5S. The number of carboxylic acid groups (broad SMARTS) is 1. The highest BCUT2D eigenvalue weighted by Gasteiger charge is 2.54. The Labute approximate surface area is 206 Å². The summed E-state index contributed by atoms with van der Waals surface area (Å²) in [5.41, 5.74) is 1.56. The van der Waals surface area contributed by atoms with Gasteiger partial charge in [-0.15, -0.1) is 11.3 Å². The SMILES string of the molecule is CCOC(=O)c1c(NC(=O)[C@H]2[C@@H]3CC[C@@H](C3)[C@@H]2C(=O)O)sc2c1CCCCCCCCCCC2. The van der Waals surface area contributed by atoms with E-state index >= 15 is 0 Å². The third kappa shape index (κ3) is 5.50. The number of carbonyl (C=O) groups is 3. The molecule has 0 saturated heterocycles. The lowest BCUT2D eigenvalue weighted by molar-refractivity contribution is -0.148. The summed E-state index contributed by atoms with van der Waals surface area (Å²) in [5.74, 6) is -2.39. The average Bonchev–Trinajstić information content (AvgIpc) is 3.50. The molecule has 6 nitrogen and oxygen atoms in total. The molecule has 1 aromatic rings. The van der Waals surface area contributed by atoms with Crippen LogP contribution in [0.2, 0.25) is 0 Å². The minimum Gasteiger partial charge on any atom is -0.481 e. The summed E-state index contributed by atoms with van der Waals surface area (Å²) in [4.78, 5) is 39.6. The highest BCUT2D eigenvalue weighted by atomic mass is 32.1. The normalized spacial score (nSPS) is 27.7. The van der Waals surface area contributed by atoms with Gasteiger partial charge in [0.1, 0.15) is 5.00 Å². The Bertz CT molecular complexity index is 894. The molecule has 1 amide bonds. The zero-order valence-electron chi connectivity index (χ0n) is 20.4. The molecule has 1 heterocycles. The second-order valence-electron chi connectivity index (χ2n) is 10.3. The van der Waals surface area contributed by atoms with Gasteiger partial charge < -0.3 is 15.2 Å². The number of fused-ring (bicyclic) bond motifs is 3. The zero-order chi connectivity index (χ0) is 24.1. The standard InChI is InChI=1S/C27H39NO5S/c1-2-33-27(32)23-19-12-10-8-6-4-3-5-7-9-11-13-20(19)34-25(23)28-24(29)21-17-14-15-18(16-17)22(21)26(30)31/h17-18,21-22H,2-16H2,1H3,(H,28,29)(H,30,31)/t17-,18+,21+,22+/m1/s1. The van der Waals surface area contributed by atoms with Crippen LogP contribution in [0.5, 0.6) is 0 Å². The van der Waals surface area contributed by atoms with Crippen LogP contribution in [0.3, 0.4) is 0 Å². The molecule has 2 fully saturated rings. The molecule has 3 aliphatic rings. The van der Waals surface area contributed by atoms with Crippen molar-refractivity contribution in [1.29, 1.82) is 0 Å². The lowest BCUT2D eigenvalue weighted by Gasteiger charge is -2.27. The summed E-state index contributed by atoms with van der Waals surface area (Å²) in [6, 6.07) is 0. The van der Waals surface area contributed by atoms with Gasteiger partial charge in [0.05, 0.1) is 24.0 Å². The van der Waals surface area contributed by atoms with Crippen LogP contribution in [0.4, 0.5) is 5.00 Å². The second-order valence-corrected chi connectivity index (χ2v) is 11.4. The summed E-state index contributed by atoms with van der Waals surface area (Å²) in [6.07, 6.45) is 15.1. The average molecular weight is 490 g/mol. The van der Waals surface area contributed by atoms with Crippen LogP contribution in [0.1, 0.15) is 105 Å². The van der Waals surface area contributed by atoms with E-state index in [0.717, 1.165) is 56.9 Å². The summed E-state index contributed by atoms with van der Waals surface area (Å²) < 4.78 is 5.42. The second kappa shape index (κ2) is 11.7. The Morgan fingerprint density at radius 2 is 1.50 bits per heavy atom. The fourth-order valence-electron chi connectivity index (χ4n) is 6.53. The van der Waals surface area contributed by atoms with E-state index in [1.54, 1.807) is 6.92 Å². The summed E-state index contributed by atoms with van der Waals surface area (Å²) in [6.45, 7) is 2.08. The molecule has 2 saturated carbocycles. The predicted molar refractivity (Wildman–Crippen MR) is 133 cm³/mol. The van der Waals surface area contributed by atoms with Crippen molar-refractivity contribution in [1.82, 2.24) is 0 Å². The number of rotatable bonds is 5. The van der Waals surface area contributed by atoms with E-state index in [-0.39, 0.29) is 30.3 Å². The van der Waals surface area contributed by atoms with Crippen molar-refractivity contribution >= 4 is 34.2 Å². The molecule has 0 spiro atoms. The molecule has 3 aliphatic carbocycles. The number of carbonyl (C=O) groups excluding carboxylic acids is 2. The zero-order valence-corrected chi connectivity index (χ0v) is 21.2. The fourth-order valence-corrected chi connectivity index (χ4v) is 7.81. The highest BCUT2D eigenvalue weighted by molar-refractivity contribution is 7.17. The Hall–Kier alpha value is -1.89. The lowest BCUT2D eigenvalue weighted by atomic mass is 9.78. The van der Waals surface area contributed by atoms with Crippen LogP contribution in [-0.2, 0) is 27.2 Å². The molecule has 0 radical (unpaired) electrons. The number of carboxylic acids is 1. The van der Waals surface area contributed by atoms with E-state index in [9.17, 15) is 19.5 Å². The van der Waals surface area contributed by atoms with Gasteiger partial charge in [0.15, 0.2) is 0 Å². The summed E-state index contributed by atoms with van der Waals surface area (Å²) in [5, 5.41) is 13.4.